The molecule has 0 atom stereocenters. The van der Waals surface area contributed by atoms with E-state index in [2.05, 4.69) is 25.9 Å². The fourth-order valence-electron chi connectivity index (χ4n) is 1.86. The van der Waals surface area contributed by atoms with Crippen LogP contribution in [-0.2, 0) is 6.42 Å². The Morgan fingerprint density at radius 1 is 1.28 bits per heavy atom. The third-order valence-corrected chi connectivity index (χ3v) is 3.37. The van der Waals surface area contributed by atoms with Crippen LogP contribution < -0.4 is 5.73 Å². The molecule has 1 aromatic carbocycles. The Morgan fingerprint density at radius 3 is 2.61 bits per heavy atom. The molecule has 0 spiro atoms. The number of hydrogen-bond acceptors (Lipinski definition) is 4. The summed E-state index contributed by atoms with van der Waals surface area (Å²) in [4.78, 5) is 7.87. The maximum Gasteiger partial charge on any atom is 0.223 e. The molecule has 0 radical (unpaired) electrons. The van der Waals surface area contributed by atoms with Crippen molar-refractivity contribution in [1.29, 1.82) is 0 Å². The van der Waals surface area contributed by atoms with Gasteiger partial charge in [-0.3, -0.25) is 0 Å². The quantitative estimate of drug-likeness (QED) is 0.895. The van der Waals surface area contributed by atoms with Crippen molar-refractivity contribution in [2.45, 2.75) is 20.3 Å². The number of rotatable bonds is 2. The van der Waals surface area contributed by atoms with Crippen LogP contribution in [-0.4, -0.2) is 15.1 Å². The molecule has 2 aromatic rings. The lowest BCUT2D eigenvalue weighted by Gasteiger charge is -2.10. The van der Waals surface area contributed by atoms with Crippen LogP contribution in [0.2, 0.25) is 0 Å². The number of hydrogen-bond donors (Lipinski definition) is 2. The largest absolute Gasteiger partial charge is 0.493 e. The molecule has 1 aromatic heterocycles. The highest BCUT2D eigenvalue weighted by atomic mass is 79.9. The van der Waals surface area contributed by atoms with Crippen molar-refractivity contribution in [3.8, 4) is 5.88 Å². The molecule has 3 N–H and O–H groups in total. The van der Waals surface area contributed by atoms with E-state index in [1.807, 2.05) is 32.0 Å². The lowest BCUT2D eigenvalue weighted by atomic mass is 10.0. The van der Waals surface area contributed by atoms with Gasteiger partial charge in [0.2, 0.25) is 11.8 Å². The Labute approximate surface area is 114 Å². The first-order valence-corrected chi connectivity index (χ1v) is 6.33. The molecule has 2 rings (SSSR count). The van der Waals surface area contributed by atoms with Crippen LogP contribution in [0.5, 0.6) is 5.88 Å². The third kappa shape index (κ3) is 2.61. The summed E-state index contributed by atoms with van der Waals surface area (Å²) >= 11 is 3.43. The zero-order valence-corrected chi connectivity index (χ0v) is 11.8. The first-order valence-electron chi connectivity index (χ1n) is 5.54. The summed E-state index contributed by atoms with van der Waals surface area (Å²) in [5.74, 6) is 0.0589. The number of nitrogen functional groups attached to an aromatic ring is 1. The van der Waals surface area contributed by atoms with E-state index < -0.39 is 0 Å². The molecular formula is C13H14BrN3O. The van der Waals surface area contributed by atoms with E-state index in [0.29, 0.717) is 12.1 Å². The molecule has 0 bridgehead atoms. The molecule has 0 aliphatic rings. The van der Waals surface area contributed by atoms with Gasteiger partial charge in [0.15, 0.2) is 0 Å². The second-order valence-corrected chi connectivity index (χ2v) is 5.13. The zero-order valence-electron chi connectivity index (χ0n) is 10.2. The zero-order chi connectivity index (χ0) is 13.3. The summed E-state index contributed by atoms with van der Waals surface area (Å²) in [6.07, 6.45) is 0.594. The second kappa shape index (κ2) is 4.94. The standard InChI is InChI=1S/C13H14BrN3O/c1-7-5-10(14)4-3-9(7)6-11-8(2)16-13(15)17-12(11)18/h3-5H,6H2,1-2H3,(H3,15,16,17,18). The number of nitrogens with two attached hydrogens (primary N) is 1. The first-order chi connectivity index (χ1) is 8.47. The number of aromatic hydroxyl groups is 1. The Hall–Kier alpha value is -1.62. The van der Waals surface area contributed by atoms with E-state index in [0.717, 1.165) is 21.2 Å². The molecule has 18 heavy (non-hydrogen) atoms. The van der Waals surface area contributed by atoms with E-state index >= 15 is 0 Å². The van der Waals surface area contributed by atoms with Crippen LogP contribution in [0.25, 0.3) is 0 Å². The minimum atomic E-state index is -0.0395. The molecule has 0 saturated carbocycles. The third-order valence-electron chi connectivity index (χ3n) is 2.88. The van der Waals surface area contributed by atoms with Gasteiger partial charge >= 0.3 is 0 Å². The van der Waals surface area contributed by atoms with E-state index in [4.69, 9.17) is 5.73 Å². The van der Waals surface area contributed by atoms with Crippen molar-refractivity contribution >= 4 is 21.9 Å². The summed E-state index contributed by atoms with van der Waals surface area (Å²) in [7, 11) is 0. The van der Waals surface area contributed by atoms with Crippen molar-refractivity contribution in [2.75, 3.05) is 5.73 Å². The highest BCUT2D eigenvalue weighted by Gasteiger charge is 2.11. The fourth-order valence-corrected chi connectivity index (χ4v) is 2.33. The van der Waals surface area contributed by atoms with Gasteiger partial charge in [-0.1, -0.05) is 22.0 Å². The number of aromatic nitrogens is 2. The summed E-state index contributed by atoms with van der Waals surface area (Å²) in [5, 5.41) is 9.84. The average molecular weight is 308 g/mol. The van der Waals surface area contributed by atoms with Gasteiger partial charge in [0.1, 0.15) is 0 Å². The molecule has 94 valence electrons. The minimum absolute atomic E-state index is 0.0395. The van der Waals surface area contributed by atoms with Crippen LogP contribution in [0.3, 0.4) is 0 Å². The molecule has 0 aliphatic heterocycles. The summed E-state index contributed by atoms with van der Waals surface area (Å²) < 4.78 is 1.04. The molecule has 1 heterocycles. The topological polar surface area (TPSA) is 72.0 Å². The lowest BCUT2D eigenvalue weighted by Crippen LogP contribution is -2.03. The van der Waals surface area contributed by atoms with Crippen molar-refractivity contribution in [3.05, 3.63) is 45.1 Å². The SMILES string of the molecule is Cc1cc(Br)ccc1Cc1c(C)nc(N)nc1O. The van der Waals surface area contributed by atoms with Crippen LogP contribution in [0, 0.1) is 13.8 Å². The number of halogens is 1. The van der Waals surface area contributed by atoms with Gasteiger partial charge in [0, 0.05) is 16.5 Å². The monoisotopic (exact) mass is 307 g/mol. The van der Waals surface area contributed by atoms with Crippen molar-refractivity contribution in [1.82, 2.24) is 9.97 Å². The Morgan fingerprint density at radius 2 is 2.00 bits per heavy atom. The van der Waals surface area contributed by atoms with Gasteiger partial charge in [-0.15, -0.1) is 0 Å². The number of benzene rings is 1. The Kier molecular flexibility index (Phi) is 3.52. The number of anilines is 1. The van der Waals surface area contributed by atoms with Crippen molar-refractivity contribution in [3.63, 3.8) is 0 Å². The van der Waals surface area contributed by atoms with Crippen LogP contribution in [0.4, 0.5) is 5.95 Å². The predicted molar refractivity (Wildman–Crippen MR) is 74.5 cm³/mol. The Bertz CT molecular complexity index is 576. The summed E-state index contributed by atoms with van der Waals surface area (Å²) in [6, 6.07) is 6.04. The van der Waals surface area contributed by atoms with Gasteiger partial charge in [0.25, 0.3) is 0 Å². The normalized spacial score (nSPS) is 10.6. The smallest absolute Gasteiger partial charge is 0.223 e. The van der Waals surface area contributed by atoms with Gasteiger partial charge in [-0.25, -0.2) is 4.98 Å². The fraction of sp³-hybridized carbons (Fsp3) is 0.231. The molecule has 4 nitrogen and oxygen atoms in total. The van der Waals surface area contributed by atoms with E-state index in [-0.39, 0.29) is 11.8 Å². The number of aryl methyl sites for hydroxylation is 2. The lowest BCUT2D eigenvalue weighted by molar-refractivity contribution is 0.446. The molecule has 0 unspecified atom stereocenters. The Balaban J connectivity index is 2.40. The highest BCUT2D eigenvalue weighted by molar-refractivity contribution is 9.10. The summed E-state index contributed by atoms with van der Waals surface area (Å²) in [6.45, 7) is 3.85. The van der Waals surface area contributed by atoms with Crippen LogP contribution in [0.15, 0.2) is 22.7 Å². The molecule has 5 heteroatoms. The maximum absolute atomic E-state index is 9.84. The maximum atomic E-state index is 9.84. The van der Waals surface area contributed by atoms with Gasteiger partial charge in [-0.05, 0) is 37.1 Å². The average Bonchev–Trinajstić information content (AvgIpc) is 2.25. The van der Waals surface area contributed by atoms with Gasteiger partial charge in [-0.2, -0.15) is 4.98 Å². The first kappa shape index (κ1) is 12.8. The minimum Gasteiger partial charge on any atom is -0.493 e. The van der Waals surface area contributed by atoms with Crippen LogP contribution >= 0.6 is 15.9 Å². The predicted octanol–water partition coefficient (Wildman–Crippen LogP) is 2.73. The molecule has 0 fully saturated rings. The molecular weight excluding hydrogens is 294 g/mol. The van der Waals surface area contributed by atoms with Crippen molar-refractivity contribution < 1.29 is 5.11 Å². The van der Waals surface area contributed by atoms with E-state index in [1.165, 1.54) is 0 Å². The molecule has 0 aliphatic carbocycles. The van der Waals surface area contributed by atoms with Crippen molar-refractivity contribution in [2.24, 2.45) is 0 Å². The molecule has 0 saturated heterocycles. The van der Waals surface area contributed by atoms with Gasteiger partial charge in [0.05, 0.1) is 5.69 Å². The van der Waals surface area contributed by atoms with E-state index in [1.54, 1.807) is 0 Å². The highest BCUT2D eigenvalue weighted by Crippen LogP contribution is 2.24. The van der Waals surface area contributed by atoms with Crippen LogP contribution in [0.1, 0.15) is 22.4 Å². The van der Waals surface area contributed by atoms with Gasteiger partial charge < -0.3 is 10.8 Å². The van der Waals surface area contributed by atoms with E-state index in [9.17, 15) is 5.11 Å². The second-order valence-electron chi connectivity index (χ2n) is 4.22. The summed E-state index contributed by atoms with van der Waals surface area (Å²) in [5.41, 5.74) is 9.19. The molecule has 0 amide bonds. The number of nitrogens with zero attached hydrogens (tertiary/aromatic N) is 2.